The zero-order chi connectivity index (χ0) is 9.10. The standard InChI is InChI=1S/C10H11N3/c1-8-3-2-4-10(13-8)5-9-6-11-12-7-9/h2-4,6-7H,5H2,1H3,(H,11,12). The van der Waals surface area contributed by atoms with Gasteiger partial charge < -0.3 is 0 Å². The molecule has 0 bridgehead atoms. The minimum atomic E-state index is 0.845. The van der Waals surface area contributed by atoms with Gasteiger partial charge >= 0.3 is 0 Å². The quantitative estimate of drug-likeness (QED) is 0.751. The number of hydrogen-bond donors (Lipinski definition) is 1. The van der Waals surface area contributed by atoms with E-state index in [9.17, 15) is 0 Å². The van der Waals surface area contributed by atoms with Gasteiger partial charge in [-0.25, -0.2) is 0 Å². The second kappa shape index (κ2) is 3.39. The second-order valence-electron chi connectivity index (χ2n) is 3.05. The van der Waals surface area contributed by atoms with Gasteiger partial charge in [-0.15, -0.1) is 0 Å². The third kappa shape index (κ3) is 1.93. The molecule has 2 heterocycles. The topological polar surface area (TPSA) is 41.6 Å². The summed E-state index contributed by atoms with van der Waals surface area (Å²) in [7, 11) is 0. The van der Waals surface area contributed by atoms with Gasteiger partial charge in [-0.3, -0.25) is 10.1 Å². The van der Waals surface area contributed by atoms with Crippen molar-refractivity contribution in [2.24, 2.45) is 0 Å². The summed E-state index contributed by atoms with van der Waals surface area (Å²) in [6.07, 6.45) is 4.56. The molecule has 1 N–H and O–H groups in total. The highest BCUT2D eigenvalue weighted by Gasteiger charge is 1.97. The molecule has 2 rings (SSSR count). The van der Waals surface area contributed by atoms with Crippen molar-refractivity contribution >= 4 is 0 Å². The minimum Gasteiger partial charge on any atom is -0.285 e. The minimum absolute atomic E-state index is 0.845. The number of pyridine rings is 1. The first-order valence-corrected chi connectivity index (χ1v) is 4.25. The summed E-state index contributed by atoms with van der Waals surface area (Å²) in [5, 5.41) is 6.67. The van der Waals surface area contributed by atoms with Crippen LogP contribution in [0, 0.1) is 6.92 Å². The first-order chi connectivity index (χ1) is 6.34. The van der Waals surface area contributed by atoms with E-state index in [1.54, 1.807) is 0 Å². The fraction of sp³-hybridized carbons (Fsp3) is 0.200. The van der Waals surface area contributed by atoms with Gasteiger partial charge in [0, 0.05) is 24.0 Å². The van der Waals surface area contributed by atoms with Crippen molar-refractivity contribution < 1.29 is 0 Å². The van der Waals surface area contributed by atoms with E-state index >= 15 is 0 Å². The number of aryl methyl sites for hydroxylation is 1. The largest absolute Gasteiger partial charge is 0.285 e. The number of nitrogens with one attached hydrogen (secondary N) is 1. The molecule has 0 aromatic carbocycles. The number of nitrogens with zero attached hydrogens (tertiary/aromatic N) is 2. The van der Waals surface area contributed by atoms with Crippen molar-refractivity contribution in [3.05, 3.63) is 47.5 Å². The average Bonchev–Trinajstić information content (AvgIpc) is 2.57. The fourth-order valence-electron chi connectivity index (χ4n) is 1.28. The van der Waals surface area contributed by atoms with Crippen molar-refractivity contribution in [2.45, 2.75) is 13.3 Å². The zero-order valence-corrected chi connectivity index (χ0v) is 7.49. The molecular weight excluding hydrogens is 162 g/mol. The maximum Gasteiger partial charge on any atom is 0.0523 e. The Hall–Kier alpha value is -1.64. The monoisotopic (exact) mass is 173 g/mol. The molecule has 0 aliphatic heterocycles. The van der Waals surface area contributed by atoms with Crippen LogP contribution in [0.4, 0.5) is 0 Å². The van der Waals surface area contributed by atoms with E-state index < -0.39 is 0 Å². The first-order valence-electron chi connectivity index (χ1n) is 4.25. The van der Waals surface area contributed by atoms with Gasteiger partial charge in [-0.05, 0) is 24.6 Å². The molecule has 2 aromatic rings. The van der Waals surface area contributed by atoms with Crippen LogP contribution < -0.4 is 0 Å². The summed E-state index contributed by atoms with van der Waals surface area (Å²) in [6, 6.07) is 6.05. The van der Waals surface area contributed by atoms with Crippen LogP contribution in [0.1, 0.15) is 17.0 Å². The van der Waals surface area contributed by atoms with E-state index in [1.807, 2.05) is 37.5 Å². The molecule has 0 saturated heterocycles. The Kier molecular flexibility index (Phi) is 2.08. The molecule has 13 heavy (non-hydrogen) atoms. The Labute approximate surface area is 76.8 Å². The van der Waals surface area contributed by atoms with Gasteiger partial charge in [0.25, 0.3) is 0 Å². The third-order valence-electron chi connectivity index (χ3n) is 1.89. The third-order valence-corrected chi connectivity index (χ3v) is 1.89. The van der Waals surface area contributed by atoms with Gasteiger partial charge in [0.1, 0.15) is 0 Å². The Bertz CT molecular complexity index is 379. The van der Waals surface area contributed by atoms with Crippen molar-refractivity contribution in [1.82, 2.24) is 15.2 Å². The number of rotatable bonds is 2. The molecule has 3 heteroatoms. The van der Waals surface area contributed by atoms with E-state index in [0.717, 1.165) is 23.4 Å². The molecular formula is C10H11N3. The molecule has 0 unspecified atom stereocenters. The highest BCUT2D eigenvalue weighted by atomic mass is 15.1. The fourth-order valence-corrected chi connectivity index (χ4v) is 1.28. The Morgan fingerprint density at radius 2 is 2.31 bits per heavy atom. The smallest absolute Gasteiger partial charge is 0.0523 e. The average molecular weight is 173 g/mol. The predicted molar refractivity (Wildman–Crippen MR) is 50.4 cm³/mol. The summed E-state index contributed by atoms with van der Waals surface area (Å²) in [4.78, 5) is 4.41. The van der Waals surface area contributed by atoms with Gasteiger partial charge in [0.15, 0.2) is 0 Å². The highest BCUT2D eigenvalue weighted by molar-refractivity contribution is 5.17. The van der Waals surface area contributed by atoms with Crippen LogP contribution in [0.25, 0.3) is 0 Å². The molecule has 0 amide bonds. The molecule has 0 atom stereocenters. The summed E-state index contributed by atoms with van der Waals surface area (Å²) in [5.41, 5.74) is 3.31. The maximum atomic E-state index is 4.41. The summed E-state index contributed by atoms with van der Waals surface area (Å²) >= 11 is 0. The molecule has 66 valence electrons. The van der Waals surface area contributed by atoms with Crippen LogP contribution in [0.15, 0.2) is 30.6 Å². The van der Waals surface area contributed by atoms with Gasteiger partial charge in [0.2, 0.25) is 0 Å². The van der Waals surface area contributed by atoms with Crippen molar-refractivity contribution in [3.8, 4) is 0 Å². The highest BCUT2D eigenvalue weighted by Crippen LogP contribution is 2.05. The summed E-state index contributed by atoms with van der Waals surface area (Å²) in [5.74, 6) is 0. The van der Waals surface area contributed by atoms with Crippen molar-refractivity contribution in [3.63, 3.8) is 0 Å². The Morgan fingerprint density at radius 1 is 1.38 bits per heavy atom. The first kappa shape index (κ1) is 7.98. The summed E-state index contributed by atoms with van der Waals surface area (Å²) in [6.45, 7) is 2.00. The number of aromatic nitrogens is 3. The van der Waals surface area contributed by atoms with Crippen molar-refractivity contribution in [1.29, 1.82) is 0 Å². The molecule has 3 nitrogen and oxygen atoms in total. The lowest BCUT2D eigenvalue weighted by Gasteiger charge is -1.98. The second-order valence-corrected chi connectivity index (χ2v) is 3.05. The molecule has 0 aliphatic rings. The van der Waals surface area contributed by atoms with E-state index in [-0.39, 0.29) is 0 Å². The maximum absolute atomic E-state index is 4.41. The molecule has 0 saturated carbocycles. The number of hydrogen-bond acceptors (Lipinski definition) is 2. The van der Waals surface area contributed by atoms with Gasteiger partial charge in [0.05, 0.1) is 6.20 Å². The van der Waals surface area contributed by atoms with E-state index in [4.69, 9.17) is 0 Å². The molecule has 0 radical (unpaired) electrons. The molecule has 0 aliphatic carbocycles. The molecule has 0 fully saturated rings. The van der Waals surface area contributed by atoms with Crippen LogP contribution in [0.2, 0.25) is 0 Å². The lowest BCUT2D eigenvalue weighted by Crippen LogP contribution is -1.91. The normalized spacial score (nSPS) is 10.2. The van der Waals surface area contributed by atoms with Crippen LogP contribution in [-0.2, 0) is 6.42 Å². The van der Waals surface area contributed by atoms with Crippen LogP contribution >= 0.6 is 0 Å². The van der Waals surface area contributed by atoms with Gasteiger partial charge in [-0.2, -0.15) is 5.10 Å². The van der Waals surface area contributed by atoms with Crippen LogP contribution in [0.3, 0.4) is 0 Å². The van der Waals surface area contributed by atoms with Crippen molar-refractivity contribution in [2.75, 3.05) is 0 Å². The Morgan fingerprint density at radius 3 is 3.00 bits per heavy atom. The zero-order valence-electron chi connectivity index (χ0n) is 7.49. The van der Waals surface area contributed by atoms with Gasteiger partial charge in [-0.1, -0.05) is 6.07 Å². The van der Waals surface area contributed by atoms with E-state index in [0.29, 0.717) is 0 Å². The molecule has 2 aromatic heterocycles. The number of H-pyrrole nitrogens is 1. The van der Waals surface area contributed by atoms with E-state index in [2.05, 4.69) is 15.2 Å². The lowest BCUT2D eigenvalue weighted by atomic mass is 10.2. The predicted octanol–water partition coefficient (Wildman–Crippen LogP) is 1.70. The molecule has 0 spiro atoms. The van der Waals surface area contributed by atoms with Crippen LogP contribution in [-0.4, -0.2) is 15.2 Å². The lowest BCUT2D eigenvalue weighted by molar-refractivity contribution is 1.04. The summed E-state index contributed by atoms with van der Waals surface area (Å²) < 4.78 is 0. The number of aromatic amines is 1. The van der Waals surface area contributed by atoms with E-state index in [1.165, 1.54) is 0 Å². The Balaban J connectivity index is 2.19. The SMILES string of the molecule is Cc1cccc(Cc2cn[nH]c2)n1. The van der Waals surface area contributed by atoms with Crippen LogP contribution in [0.5, 0.6) is 0 Å².